The van der Waals surface area contributed by atoms with E-state index in [1.807, 2.05) is 0 Å². The molecule has 21 heavy (non-hydrogen) atoms. The van der Waals surface area contributed by atoms with E-state index in [1.54, 1.807) is 0 Å². The molecular weight excluding hydrogens is 303 g/mol. The summed E-state index contributed by atoms with van der Waals surface area (Å²) in [7, 11) is 0. The molecule has 0 spiro atoms. The van der Waals surface area contributed by atoms with E-state index >= 15 is 0 Å². The number of benzene rings is 1. The van der Waals surface area contributed by atoms with Gasteiger partial charge in [-0.2, -0.15) is 26.3 Å². The van der Waals surface area contributed by atoms with Gasteiger partial charge in [0.15, 0.2) is 0 Å². The number of aromatic nitrogens is 1. The van der Waals surface area contributed by atoms with Gasteiger partial charge in [0.25, 0.3) is 0 Å². The molecule has 0 aliphatic carbocycles. The lowest BCUT2D eigenvalue weighted by Crippen LogP contribution is -2.10. The summed E-state index contributed by atoms with van der Waals surface area (Å²) in [5.74, 6) is -1.68. The molecule has 0 amide bonds. The molecule has 0 aliphatic rings. The monoisotopic (exact) mass is 309 g/mol. The molecule has 0 aliphatic heterocycles. The Balaban J connectivity index is 2.57. The highest BCUT2D eigenvalue weighted by atomic mass is 19.4. The third-order valence-electron chi connectivity index (χ3n) is 2.67. The number of pyridine rings is 1. The summed E-state index contributed by atoms with van der Waals surface area (Å²) in [6, 6.07) is 4.46. The van der Waals surface area contributed by atoms with Gasteiger partial charge in [0, 0.05) is 17.8 Å². The van der Waals surface area contributed by atoms with Crippen LogP contribution >= 0.6 is 0 Å². The molecule has 1 aromatic carbocycles. The molecule has 8 heteroatoms. The zero-order valence-electron chi connectivity index (χ0n) is 10.1. The number of rotatable bonds is 1. The SMILES string of the molecule is Fc1cc(-c2ccccc2C(F)(F)F)ncc1C(F)(F)F. The van der Waals surface area contributed by atoms with Gasteiger partial charge in [0.1, 0.15) is 11.4 Å². The van der Waals surface area contributed by atoms with E-state index < -0.39 is 40.6 Å². The topological polar surface area (TPSA) is 12.9 Å². The summed E-state index contributed by atoms with van der Waals surface area (Å²) in [6.07, 6.45) is -9.51. The Morgan fingerprint density at radius 1 is 0.810 bits per heavy atom. The van der Waals surface area contributed by atoms with E-state index in [4.69, 9.17) is 0 Å². The Morgan fingerprint density at radius 2 is 1.38 bits per heavy atom. The molecule has 0 saturated carbocycles. The van der Waals surface area contributed by atoms with Crippen molar-refractivity contribution in [2.75, 3.05) is 0 Å². The summed E-state index contributed by atoms with van der Waals surface area (Å²) < 4.78 is 89.0. The van der Waals surface area contributed by atoms with Gasteiger partial charge in [0.2, 0.25) is 0 Å². The first kappa shape index (κ1) is 15.3. The molecule has 1 heterocycles. The maximum Gasteiger partial charge on any atom is 0.420 e. The molecule has 0 saturated heterocycles. The van der Waals surface area contributed by atoms with Crippen molar-refractivity contribution in [2.24, 2.45) is 0 Å². The predicted octanol–water partition coefficient (Wildman–Crippen LogP) is 4.93. The van der Waals surface area contributed by atoms with Crippen molar-refractivity contribution in [1.82, 2.24) is 4.98 Å². The van der Waals surface area contributed by atoms with E-state index in [0.29, 0.717) is 6.07 Å². The number of hydrogen-bond acceptors (Lipinski definition) is 1. The van der Waals surface area contributed by atoms with Crippen LogP contribution in [-0.4, -0.2) is 4.98 Å². The largest absolute Gasteiger partial charge is 0.420 e. The predicted molar refractivity (Wildman–Crippen MR) is 59.6 cm³/mol. The fourth-order valence-electron chi connectivity index (χ4n) is 1.74. The van der Waals surface area contributed by atoms with Gasteiger partial charge in [-0.3, -0.25) is 4.98 Å². The van der Waals surface area contributed by atoms with E-state index in [0.717, 1.165) is 18.2 Å². The van der Waals surface area contributed by atoms with Crippen LogP contribution in [0.1, 0.15) is 11.1 Å². The first-order chi connectivity index (χ1) is 9.60. The average molecular weight is 309 g/mol. The highest BCUT2D eigenvalue weighted by molar-refractivity contribution is 5.64. The Hall–Kier alpha value is -2.12. The Morgan fingerprint density at radius 3 is 1.90 bits per heavy atom. The molecule has 0 bridgehead atoms. The van der Waals surface area contributed by atoms with Crippen molar-refractivity contribution in [2.45, 2.75) is 12.4 Å². The Bertz CT molecular complexity index is 658. The van der Waals surface area contributed by atoms with Crippen molar-refractivity contribution in [3.63, 3.8) is 0 Å². The maximum absolute atomic E-state index is 13.4. The van der Waals surface area contributed by atoms with Crippen molar-refractivity contribution in [3.8, 4) is 11.3 Å². The van der Waals surface area contributed by atoms with Crippen LogP contribution in [0, 0.1) is 5.82 Å². The lowest BCUT2D eigenvalue weighted by molar-refractivity contribution is -0.140. The summed E-state index contributed by atoms with van der Waals surface area (Å²) >= 11 is 0. The second-order valence-corrected chi connectivity index (χ2v) is 4.09. The minimum absolute atomic E-state index is 0.178. The molecule has 2 rings (SSSR count). The molecule has 0 atom stereocenters. The van der Waals surface area contributed by atoms with Gasteiger partial charge >= 0.3 is 12.4 Å². The summed E-state index contributed by atoms with van der Waals surface area (Å²) in [6.45, 7) is 0. The standard InChI is InChI=1S/C13H6F7N/c14-10-5-11(21-6-9(10)13(18,19)20)7-3-1-2-4-8(7)12(15,16)17/h1-6H. The first-order valence-corrected chi connectivity index (χ1v) is 5.50. The molecule has 0 N–H and O–H groups in total. The Kier molecular flexibility index (Phi) is 3.65. The summed E-state index contributed by atoms with van der Waals surface area (Å²) in [5, 5.41) is 0. The molecule has 0 unspecified atom stereocenters. The highest BCUT2D eigenvalue weighted by Crippen LogP contribution is 2.37. The lowest BCUT2D eigenvalue weighted by Gasteiger charge is -2.13. The van der Waals surface area contributed by atoms with Crippen LogP contribution in [0.3, 0.4) is 0 Å². The van der Waals surface area contributed by atoms with Crippen LogP contribution < -0.4 is 0 Å². The van der Waals surface area contributed by atoms with Crippen LogP contribution in [0.5, 0.6) is 0 Å². The van der Waals surface area contributed by atoms with E-state index in [-0.39, 0.29) is 6.20 Å². The zero-order valence-corrected chi connectivity index (χ0v) is 10.1. The fraction of sp³-hybridized carbons (Fsp3) is 0.154. The van der Waals surface area contributed by atoms with Crippen LogP contribution in [0.4, 0.5) is 30.7 Å². The van der Waals surface area contributed by atoms with Gasteiger partial charge in [-0.15, -0.1) is 0 Å². The number of hydrogen-bond donors (Lipinski definition) is 0. The zero-order chi connectivity index (χ0) is 15.8. The van der Waals surface area contributed by atoms with Gasteiger partial charge in [-0.1, -0.05) is 18.2 Å². The average Bonchev–Trinajstić information content (AvgIpc) is 2.36. The fourth-order valence-corrected chi connectivity index (χ4v) is 1.74. The van der Waals surface area contributed by atoms with Crippen molar-refractivity contribution < 1.29 is 30.7 Å². The normalized spacial score (nSPS) is 12.5. The molecule has 0 radical (unpaired) electrons. The van der Waals surface area contributed by atoms with Gasteiger partial charge in [-0.25, -0.2) is 4.39 Å². The lowest BCUT2D eigenvalue weighted by atomic mass is 10.0. The van der Waals surface area contributed by atoms with Crippen molar-refractivity contribution in [1.29, 1.82) is 0 Å². The summed E-state index contributed by atoms with van der Waals surface area (Å²) in [4.78, 5) is 3.29. The molecular formula is C13H6F7N. The minimum Gasteiger partial charge on any atom is -0.255 e. The van der Waals surface area contributed by atoms with Gasteiger partial charge in [-0.05, 0) is 6.07 Å². The van der Waals surface area contributed by atoms with E-state index in [1.165, 1.54) is 6.07 Å². The van der Waals surface area contributed by atoms with Crippen LogP contribution in [-0.2, 0) is 12.4 Å². The number of halogens is 7. The molecule has 1 nitrogen and oxygen atoms in total. The van der Waals surface area contributed by atoms with Crippen LogP contribution in [0.25, 0.3) is 11.3 Å². The second kappa shape index (κ2) is 5.01. The molecule has 2 aromatic rings. The first-order valence-electron chi connectivity index (χ1n) is 5.50. The second-order valence-electron chi connectivity index (χ2n) is 4.09. The van der Waals surface area contributed by atoms with E-state index in [9.17, 15) is 30.7 Å². The smallest absolute Gasteiger partial charge is 0.255 e. The van der Waals surface area contributed by atoms with Crippen LogP contribution in [0.2, 0.25) is 0 Å². The Labute approximate surface area is 114 Å². The molecule has 112 valence electrons. The maximum atomic E-state index is 13.4. The quantitative estimate of drug-likeness (QED) is 0.681. The van der Waals surface area contributed by atoms with Gasteiger partial charge in [0.05, 0.1) is 11.3 Å². The number of nitrogens with zero attached hydrogens (tertiary/aromatic N) is 1. The van der Waals surface area contributed by atoms with Crippen LogP contribution in [0.15, 0.2) is 36.5 Å². The van der Waals surface area contributed by atoms with Crippen molar-refractivity contribution >= 4 is 0 Å². The third kappa shape index (κ3) is 3.14. The van der Waals surface area contributed by atoms with E-state index in [2.05, 4.69) is 4.98 Å². The summed E-state index contributed by atoms with van der Waals surface area (Å²) in [5.41, 5.74) is -3.74. The van der Waals surface area contributed by atoms with Gasteiger partial charge < -0.3 is 0 Å². The minimum atomic E-state index is -4.96. The highest BCUT2D eigenvalue weighted by Gasteiger charge is 2.36. The number of alkyl halides is 6. The third-order valence-corrected chi connectivity index (χ3v) is 2.67. The molecule has 0 fully saturated rings. The molecule has 1 aromatic heterocycles. The van der Waals surface area contributed by atoms with Crippen molar-refractivity contribution in [3.05, 3.63) is 53.5 Å².